The van der Waals surface area contributed by atoms with E-state index >= 15 is 0 Å². The van der Waals surface area contributed by atoms with Crippen LogP contribution in [0.25, 0.3) is 0 Å². The Labute approximate surface area is 197 Å². The third-order valence-electron chi connectivity index (χ3n) is 4.77. The van der Waals surface area contributed by atoms with E-state index in [-0.39, 0.29) is 24.8 Å². The average Bonchev–Trinajstić information content (AvgIpc) is 2.76. The number of aliphatic hydroxyl groups is 4. The van der Waals surface area contributed by atoms with Gasteiger partial charge >= 0.3 is 0 Å². The Bertz CT molecular complexity index is 816. The molecule has 0 aromatic carbocycles. The zero-order chi connectivity index (χ0) is 24.5. The fraction of sp³-hybridized carbons (Fsp3) is 0.370. The topological polar surface area (TPSA) is 110 Å². The van der Waals surface area contributed by atoms with Gasteiger partial charge in [-0.15, -0.1) is 0 Å². The van der Waals surface area contributed by atoms with Crippen molar-refractivity contribution in [1.29, 1.82) is 0 Å². The first-order chi connectivity index (χ1) is 15.8. The van der Waals surface area contributed by atoms with Crippen LogP contribution in [0.2, 0.25) is 0 Å². The number of aliphatic hydroxyl groups excluding tert-OH is 4. The first-order valence-corrected chi connectivity index (χ1v) is 11.2. The van der Waals surface area contributed by atoms with Crippen LogP contribution in [0, 0.1) is 0 Å². The zero-order valence-electron chi connectivity index (χ0n) is 19.4. The molecule has 1 aliphatic heterocycles. The molecule has 0 saturated heterocycles. The lowest BCUT2D eigenvalue weighted by Gasteiger charge is -2.23. The third-order valence-corrected chi connectivity index (χ3v) is 4.77. The Morgan fingerprint density at radius 1 is 0.788 bits per heavy atom. The van der Waals surface area contributed by atoms with Gasteiger partial charge in [0.25, 0.3) is 0 Å². The van der Waals surface area contributed by atoms with E-state index in [2.05, 4.69) is 5.32 Å². The van der Waals surface area contributed by atoms with Crippen LogP contribution in [0.5, 0.6) is 0 Å². The van der Waals surface area contributed by atoms with Crippen molar-refractivity contribution in [3.63, 3.8) is 0 Å². The molecule has 0 fully saturated rings. The van der Waals surface area contributed by atoms with Gasteiger partial charge in [-0.3, -0.25) is 4.79 Å². The Hall–Kier alpha value is -2.77. The molecule has 180 valence electrons. The molecule has 1 rings (SSSR count). The molecule has 1 amide bonds. The predicted octanol–water partition coefficient (Wildman–Crippen LogP) is 2.96. The lowest BCUT2D eigenvalue weighted by atomic mass is 10.00. The lowest BCUT2D eigenvalue weighted by Crippen LogP contribution is -2.38. The van der Waals surface area contributed by atoms with Crippen molar-refractivity contribution in [2.45, 2.75) is 63.6 Å². The minimum absolute atomic E-state index is 0.00146. The average molecular weight is 456 g/mol. The summed E-state index contributed by atoms with van der Waals surface area (Å²) in [4.78, 5) is 11.9. The molecular formula is C27H37NO5. The van der Waals surface area contributed by atoms with Crippen molar-refractivity contribution in [3.8, 4) is 0 Å². The highest BCUT2D eigenvalue weighted by molar-refractivity contribution is 5.87. The summed E-state index contributed by atoms with van der Waals surface area (Å²) in [6.45, 7) is 3.91. The number of carbonyl (C=O) groups is 1. The molecule has 1 aliphatic rings. The maximum atomic E-state index is 11.9. The van der Waals surface area contributed by atoms with Crippen LogP contribution in [-0.2, 0) is 4.79 Å². The first kappa shape index (κ1) is 28.3. The minimum atomic E-state index is -1.38. The van der Waals surface area contributed by atoms with Gasteiger partial charge in [0, 0.05) is 18.5 Å². The summed E-state index contributed by atoms with van der Waals surface area (Å²) in [6.07, 6.45) is 22.2. The highest BCUT2D eigenvalue weighted by atomic mass is 16.4. The molecule has 0 aromatic heterocycles. The Morgan fingerprint density at radius 3 is 2.18 bits per heavy atom. The number of hydrogen-bond acceptors (Lipinski definition) is 5. The zero-order valence-corrected chi connectivity index (χ0v) is 19.4. The van der Waals surface area contributed by atoms with Crippen molar-refractivity contribution in [2.75, 3.05) is 0 Å². The van der Waals surface area contributed by atoms with Gasteiger partial charge in [0.15, 0.2) is 0 Å². The third kappa shape index (κ3) is 14.1. The number of rotatable bonds is 0. The van der Waals surface area contributed by atoms with E-state index in [1.54, 1.807) is 42.5 Å². The van der Waals surface area contributed by atoms with Gasteiger partial charge < -0.3 is 25.7 Å². The predicted molar refractivity (Wildman–Crippen MR) is 133 cm³/mol. The van der Waals surface area contributed by atoms with Crippen molar-refractivity contribution < 1.29 is 25.2 Å². The quantitative estimate of drug-likeness (QED) is 0.386. The molecule has 0 saturated carbocycles. The highest BCUT2D eigenvalue weighted by Gasteiger charge is 2.25. The number of amides is 1. The van der Waals surface area contributed by atoms with E-state index in [0.717, 1.165) is 5.57 Å². The smallest absolute Gasteiger partial charge is 0.244 e. The second-order valence-corrected chi connectivity index (χ2v) is 7.95. The maximum Gasteiger partial charge on any atom is 0.244 e. The normalized spacial score (nSPS) is 29.1. The van der Waals surface area contributed by atoms with Crippen molar-refractivity contribution in [3.05, 3.63) is 96.7 Å². The monoisotopic (exact) mass is 455 g/mol. The van der Waals surface area contributed by atoms with Gasteiger partial charge in [-0.05, 0) is 26.7 Å². The molecule has 0 spiro atoms. The first-order valence-electron chi connectivity index (χ1n) is 11.2. The minimum Gasteiger partial charge on any atom is -0.390 e. The summed E-state index contributed by atoms with van der Waals surface area (Å²) < 4.78 is 0. The standard InChI is InChI=1S/C27H37NO5/c1-21-14-8-6-7-9-17-23(29)20-25(31)27(33)24(30)18-10-4-3-5-11-19-26(32)28-22(2)16-13-12-15-21/h3-15,17,19,22-25,27,29-31,33H,16,18,20H2,1-2H3,(H,28,32). The van der Waals surface area contributed by atoms with Gasteiger partial charge in [0.2, 0.25) is 5.91 Å². The van der Waals surface area contributed by atoms with Gasteiger partial charge in [-0.1, -0.05) is 90.6 Å². The van der Waals surface area contributed by atoms with Gasteiger partial charge in [0.1, 0.15) is 6.10 Å². The van der Waals surface area contributed by atoms with Crippen molar-refractivity contribution in [2.24, 2.45) is 0 Å². The van der Waals surface area contributed by atoms with Crippen LogP contribution in [0.15, 0.2) is 96.7 Å². The summed E-state index contributed by atoms with van der Waals surface area (Å²) in [5.74, 6) is -0.184. The molecule has 1 heterocycles. The Morgan fingerprint density at radius 2 is 1.42 bits per heavy atom. The summed E-state index contributed by atoms with van der Waals surface area (Å²) in [7, 11) is 0. The van der Waals surface area contributed by atoms with Crippen LogP contribution in [-0.4, -0.2) is 56.8 Å². The number of carbonyl (C=O) groups excluding carboxylic acids is 1. The number of allylic oxidation sites excluding steroid dienone is 12. The van der Waals surface area contributed by atoms with E-state index < -0.39 is 24.4 Å². The largest absolute Gasteiger partial charge is 0.390 e. The Kier molecular flexibility index (Phi) is 14.4. The fourth-order valence-electron chi connectivity index (χ4n) is 2.87. The molecule has 5 atom stereocenters. The molecular weight excluding hydrogens is 418 g/mol. The molecule has 5 unspecified atom stereocenters. The second-order valence-electron chi connectivity index (χ2n) is 7.95. The molecule has 6 heteroatoms. The maximum absolute atomic E-state index is 11.9. The van der Waals surface area contributed by atoms with E-state index in [4.69, 9.17) is 0 Å². The van der Waals surface area contributed by atoms with Crippen LogP contribution in [0.1, 0.15) is 33.1 Å². The van der Waals surface area contributed by atoms with Crippen LogP contribution in [0.4, 0.5) is 0 Å². The summed E-state index contributed by atoms with van der Waals surface area (Å²) in [5.41, 5.74) is 1.05. The van der Waals surface area contributed by atoms with Crippen LogP contribution in [0.3, 0.4) is 0 Å². The van der Waals surface area contributed by atoms with E-state index in [1.165, 1.54) is 12.2 Å². The number of nitrogens with one attached hydrogen (secondary N) is 1. The van der Waals surface area contributed by atoms with Crippen molar-refractivity contribution in [1.82, 2.24) is 5.32 Å². The molecule has 6 nitrogen and oxygen atoms in total. The summed E-state index contributed by atoms with van der Waals surface area (Å²) in [5, 5.41) is 43.1. The lowest BCUT2D eigenvalue weighted by molar-refractivity contribution is -0.117. The van der Waals surface area contributed by atoms with E-state index in [0.29, 0.717) is 6.42 Å². The van der Waals surface area contributed by atoms with Gasteiger partial charge in [-0.2, -0.15) is 0 Å². The van der Waals surface area contributed by atoms with E-state index in [9.17, 15) is 25.2 Å². The molecule has 0 aliphatic carbocycles. The molecule has 0 radical (unpaired) electrons. The van der Waals surface area contributed by atoms with Gasteiger partial charge in [-0.25, -0.2) is 0 Å². The molecule has 0 bridgehead atoms. The van der Waals surface area contributed by atoms with Crippen molar-refractivity contribution >= 4 is 5.91 Å². The fourth-order valence-corrected chi connectivity index (χ4v) is 2.87. The second kappa shape index (κ2) is 16.8. The number of hydrogen-bond donors (Lipinski definition) is 5. The van der Waals surface area contributed by atoms with E-state index in [1.807, 2.05) is 50.3 Å². The van der Waals surface area contributed by atoms with Crippen LogP contribution >= 0.6 is 0 Å². The molecule has 33 heavy (non-hydrogen) atoms. The summed E-state index contributed by atoms with van der Waals surface area (Å²) in [6, 6.07) is -0.00146. The summed E-state index contributed by atoms with van der Waals surface area (Å²) >= 11 is 0. The van der Waals surface area contributed by atoms with Gasteiger partial charge in [0.05, 0.1) is 18.3 Å². The SMILES string of the molecule is CC1=CC=CCC(C)NC(=O)C=CC=CC=CCC(O)C(O)C(O)CC(O)C=CC=CC=C1. The Balaban J connectivity index is 2.86. The highest BCUT2D eigenvalue weighted by Crippen LogP contribution is 2.11. The molecule has 0 aromatic rings. The molecule has 5 N–H and O–H groups in total. The van der Waals surface area contributed by atoms with Crippen LogP contribution < -0.4 is 5.32 Å².